The van der Waals surface area contributed by atoms with Gasteiger partial charge in [0, 0.05) is 32.8 Å². The highest BCUT2D eigenvalue weighted by molar-refractivity contribution is 5.77. The number of nitrogens with one attached hydrogen (secondary N) is 1. The van der Waals surface area contributed by atoms with Crippen molar-refractivity contribution in [2.24, 2.45) is 5.92 Å². The Morgan fingerprint density at radius 1 is 1.42 bits per heavy atom. The second kappa shape index (κ2) is 9.16. The molecule has 1 aliphatic rings. The number of carbonyl (C=O) groups is 1. The Morgan fingerprint density at radius 2 is 2.21 bits per heavy atom. The molecule has 1 heterocycles. The van der Waals surface area contributed by atoms with Crippen molar-refractivity contribution in [3.63, 3.8) is 0 Å². The summed E-state index contributed by atoms with van der Waals surface area (Å²) in [6.07, 6.45) is 1.10. The maximum Gasteiger partial charge on any atom is 0.245 e. The van der Waals surface area contributed by atoms with Gasteiger partial charge in [0.1, 0.15) is 6.61 Å². The lowest BCUT2D eigenvalue weighted by Crippen LogP contribution is -2.53. The maximum absolute atomic E-state index is 11.6. The molecule has 1 amide bonds. The molecule has 1 aromatic carbocycles. The van der Waals surface area contributed by atoms with E-state index in [1.165, 1.54) is 11.1 Å². The summed E-state index contributed by atoms with van der Waals surface area (Å²) in [4.78, 5) is 16.4. The molecule has 1 aliphatic heterocycles. The SMILES string of the molecule is COCC(=O)NC[C@H]1CCN(Cc2cccc(C)c2)C[C@H]1N(C)C. The predicted octanol–water partition coefficient (Wildman–Crippen LogP) is 1.51. The smallest absolute Gasteiger partial charge is 0.245 e. The minimum absolute atomic E-state index is 0.0304. The maximum atomic E-state index is 11.6. The predicted molar refractivity (Wildman–Crippen MR) is 96.9 cm³/mol. The molecule has 0 bridgehead atoms. The fourth-order valence-electron chi connectivity index (χ4n) is 3.51. The zero-order valence-corrected chi connectivity index (χ0v) is 15.4. The van der Waals surface area contributed by atoms with Crippen LogP contribution in [0.1, 0.15) is 17.5 Å². The minimum Gasteiger partial charge on any atom is -0.375 e. The zero-order chi connectivity index (χ0) is 17.5. The molecule has 1 fully saturated rings. The number of carbonyl (C=O) groups excluding carboxylic acids is 1. The third kappa shape index (κ3) is 5.58. The van der Waals surface area contributed by atoms with E-state index in [0.717, 1.165) is 32.6 Å². The highest BCUT2D eigenvalue weighted by atomic mass is 16.5. The lowest BCUT2D eigenvalue weighted by atomic mass is 9.90. The number of likely N-dealkylation sites (N-methyl/N-ethyl adjacent to an activating group) is 1. The van der Waals surface area contributed by atoms with Crippen LogP contribution in [-0.2, 0) is 16.1 Å². The van der Waals surface area contributed by atoms with E-state index in [9.17, 15) is 4.79 Å². The molecule has 1 aromatic rings. The largest absolute Gasteiger partial charge is 0.375 e. The molecule has 0 saturated carbocycles. The summed E-state index contributed by atoms with van der Waals surface area (Å²) in [5.41, 5.74) is 2.69. The van der Waals surface area contributed by atoms with Crippen LogP contribution >= 0.6 is 0 Å². The normalized spacial score (nSPS) is 21.9. The monoisotopic (exact) mass is 333 g/mol. The van der Waals surface area contributed by atoms with E-state index >= 15 is 0 Å². The fraction of sp³-hybridized carbons (Fsp3) is 0.632. The average Bonchev–Trinajstić information content (AvgIpc) is 2.54. The Kier molecular flexibility index (Phi) is 7.21. The summed E-state index contributed by atoms with van der Waals surface area (Å²) in [5, 5.41) is 3.00. The van der Waals surface area contributed by atoms with Crippen molar-refractivity contribution in [3.8, 4) is 0 Å². The lowest BCUT2D eigenvalue weighted by Gasteiger charge is -2.42. The highest BCUT2D eigenvalue weighted by Crippen LogP contribution is 2.22. The van der Waals surface area contributed by atoms with Crippen molar-refractivity contribution < 1.29 is 9.53 Å². The first-order chi connectivity index (χ1) is 11.5. The molecule has 0 unspecified atom stereocenters. The van der Waals surface area contributed by atoms with Crippen molar-refractivity contribution in [3.05, 3.63) is 35.4 Å². The molecule has 0 aliphatic carbocycles. The summed E-state index contributed by atoms with van der Waals surface area (Å²) in [6.45, 7) is 6.10. The van der Waals surface area contributed by atoms with E-state index in [4.69, 9.17) is 4.74 Å². The number of methoxy groups -OCH3 is 1. The van der Waals surface area contributed by atoms with Crippen molar-refractivity contribution in [1.82, 2.24) is 15.1 Å². The number of hydrogen-bond acceptors (Lipinski definition) is 4. The molecule has 0 radical (unpaired) electrons. The number of nitrogens with zero attached hydrogens (tertiary/aromatic N) is 2. The number of ether oxygens (including phenoxy) is 1. The molecule has 5 nitrogen and oxygen atoms in total. The summed E-state index contributed by atoms with van der Waals surface area (Å²) in [7, 11) is 5.81. The van der Waals surface area contributed by atoms with Crippen LogP contribution in [-0.4, -0.2) is 69.2 Å². The lowest BCUT2D eigenvalue weighted by molar-refractivity contribution is -0.125. The molecule has 0 aromatic heterocycles. The molecule has 24 heavy (non-hydrogen) atoms. The summed E-state index contributed by atoms with van der Waals surface area (Å²) < 4.78 is 4.88. The van der Waals surface area contributed by atoms with Gasteiger partial charge >= 0.3 is 0 Å². The molecule has 1 saturated heterocycles. The first kappa shape index (κ1) is 18.9. The summed E-state index contributed by atoms with van der Waals surface area (Å²) in [5.74, 6) is 0.451. The highest BCUT2D eigenvalue weighted by Gasteiger charge is 2.30. The molecule has 134 valence electrons. The quantitative estimate of drug-likeness (QED) is 0.821. The van der Waals surface area contributed by atoms with Crippen LogP contribution in [0.2, 0.25) is 0 Å². The van der Waals surface area contributed by atoms with Gasteiger partial charge in [0.05, 0.1) is 0 Å². The number of likely N-dealkylation sites (tertiary alicyclic amines) is 1. The van der Waals surface area contributed by atoms with Crippen molar-refractivity contribution in [2.75, 3.05) is 47.4 Å². The number of rotatable bonds is 7. The second-order valence-corrected chi connectivity index (χ2v) is 7.04. The number of aryl methyl sites for hydroxylation is 1. The van der Waals surface area contributed by atoms with Gasteiger partial charge in [-0.05, 0) is 45.5 Å². The van der Waals surface area contributed by atoms with Gasteiger partial charge in [-0.2, -0.15) is 0 Å². The molecule has 2 atom stereocenters. The van der Waals surface area contributed by atoms with Crippen LogP contribution in [0.25, 0.3) is 0 Å². The van der Waals surface area contributed by atoms with Gasteiger partial charge in [0.2, 0.25) is 5.91 Å². The van der Waals surface area contributed by atoms with Gasteiger partial charge in [-0.3, -0.25) is 9.69 Å². The Labute approximate surface area is 146 Å². The summed E-state index contributed by atoms with van der Waals surface area (Å²) >= 11 is 0. The van der Waals surface area contributed by atoms with Crippen molar-refractivity contribution in [1.29, 1.82) is 0 Å². The van der Waals surface area contributed by atoms with Gasteiger partial charge in [-0.1, -0.05) is 29.8 Å². The van der Waals surface area contributed by atoms with E-state index in [-0.39, 0.29) is 12.5 Å². The average molecular weight is 333 g/mol. The van der Waals surface area contributed by atoms with Crippen LogP contribution in [0.15, 0.2) is 24.3 Å². The van der Waals surface area contributed by atoms with Crippen LogP contribution in [0.4, 0.5) is 0 Å². The van der Waals surface area contributed by atoms with E-state index in [0.29, 0.717) is 12.0 Å². The van der Waals surface area contributed by atoms with Crippen molar-refractivity contribution >= 4 is 5.91 Å². The number of benzene rings is 1. The second-order valence-electron chi connectivity index (χ2n) is 7.04. The molecule has 0 spiro atoms. The standard InChI is InChI=1S/C19H31N3O2/c1-15-6-5-7-16(10-15)12-22-9-8-17(18(13-22)21(2)3)11-20-19(23)14-24-4/h5-7,10,17-18H,8-9,11-14H2,1-4H3,(H,20,23)/t17-,18-/m1/s1. The van der Waals surface area contributed by atoms with Gasteiger partial charge in [-0.25, -0.2) is 0 Å². The molecule has 1 N–H and O–H groups in total. The third-order valence-electron chi connectivity index (χ3n) is 4.79. The van der Waals surface area contributed by atoms with E-state index in [2.05, 4.69) is 60.4 Å². The molecule has 2 rings (SSSR count). The van der Waals surface area contributed by atoms with E-state index < -0.39 is 0 Å². The first-order valence-electron chi connectivity index (χ1n) is 8.69. The van der Waals surface area contributed by atoms with Gasteiger partial charge < -0.3 is 15.0 Å². The van der Waals surface area contributed by atoms with Crippen molar-refractivity contribution in [2.45, 2.75) is 25.9 Å². The fourth-order valence-corrected chi connectivity index (χ4v) is 3.51. The molecular formula is C19H31N3O2. The Bertz CT molecular complexity index is 533. The van der Waals surface area contributed by atoms with Crippen LogP contribution < -0.4 is 5.32 Å². The van der Waals surface area contributed by atoms with Crippen LogP contribution in [0.5, 0.6) is 0 Å². The first-order valence-corrected chi connectivity index (χ1v) is 8.69. The van der Waals surface area contributed by atoms with E-state index in [1.807, 2.05) is 0 Å². The topological polar surface area (TPSA) is 44.8 Å². The zero-order valence-electron chi connectivity index (χ0n) is 15.4. The van der Waals surface area contributed by atoms with Crippen LogP contribution in [0, 0.1) is 12.8 Å². The van der Waals surface area contributed by atoms with E-state index in [1.54, 1.807) is 7.11 Å². The Balaban J connectivity index is 1.91. The van der Waals surface area contributed by atoms with Gasteiger partial charge in [0.25, 0.3) is 0 Å². The number of amides is 1. The van der Waals surface area contributed by atoms with Gasteiger partial charge in [-0.15, -0.1) is 0 Å². The molecule has 5 heteroatoms. The number of hydrogen-bond donors (Lipinski definition) is 1. The van der Waals surface area contributed by atoms with Crippen LogP contribution in [0.3, 0.4) is 0 Å². The third-order valence-corrected chi connectivity index (χ3v) is 4.79. The number of piperidine rings is 1. The Hall–Kier alpha value is -1.43. The molecular weight excluding hydrogens is 302 g/mol. The minimum atomic E-state index is -0.0304. The summed E-state index contributed by atoms with van der Waals surface area (Å²) in [6, 6.07) is 9.19. The Morgan fingerprint density at radius 3 is 2.88 bits per heavy atom. The van der Waals surface area contributed by atoms with Gasteiger partial charge in [0.15, 0.2) is 0 Å².